The Bertz CT molecular complexity index is 737. The maximum absolute atomic E-state index is 12.1. The third-order valence-electron chi connectivity index (χ3n) is 3.89. The number of thiazole rings is 1. The summed E-state index contributed by atoms with van der Waals surface area (Å²) in [5.41, 5.74) is 1.42. The molecule has 3 rings (SSSR count). The number of fused-ring (bicyclic) bond motifs is 1. The molecular weight excluding hydrogens is 290 g/mol. The SMILES string of the molecule is Cc1csc2nc(CN3CCCCC3C(=O)O)cc(=O)n12. The van der Waals surface area contributed by atoms with Crippen molar-refractivity contribution in [3.8, 4) is 0 Å². The Labute approximate surface area is 125 Å². The molecule has 112 valence electrons. The maximum Gasteiger partial charge on any atom is 0.320 e. The molecule has 21 heavy (non-hydrogen) atoms. The zero-order valence-electron chi connectivity index (χ0n) is 11.8. The van der Waals surface area contributed by atoms with Crippen molar-refractivity contribution < 1.29 is 9.90 Å². The summed E-state index contributed by atoms with van der Waals surface area (Å²) in [5.74, 6) is -0.792. The van der Waals surface area contributed by atoms with E-state index in [0.29, 0.717) is 23.6 Å². The lowest BCUT2D eigenvalue weighted by molar-refractivity contribution is -0.144. The van der Waals surface area contributed by atoms with Crippen LogP contribution in [0.5, 0.6) is 0 Å². The summed E-state index contributed by atoms with van der Waals surface area (Å²) in [4.78, 5) is 30.5. The van der Waals surface area contributed by atoms with Gasteiger partial charge in [-0.25, -0.2) is 4.98 Å². The van der Waals surface area contributed by atoms with Gasteiger partial charge in [-0.15, -0.1) is 11.3 Å². The summed E-state index contributed by atoms with van der Waals surface area (Å²) in [6.45, 7) is 3.03. The number of carboxylic acids is 1. The van der Waals surface area contributed by atoms with E-state index in [9.17, 15) is 14.7 Å². The molecule has 3 heterocycles. The Kier molecular flexibility index (Phi) is 3.77. The fourth-order valence-electron chi connectivity index (χ4n) is 2.85. The van der Waals surface area contributed by atoms with Crippen molar-refractivity contribution in [1.29, 1.82) is 0 Å². The van der Waals surface area contributed by atoms with E-state index in [1.165, 1.54) is 17.4 Å². The summed E-state index contributed by atoms with van der Waals surface area (Å²) in [5, 5.41) is 11.2. The van der Waals surface area contributed by atoms with Crippen LogP contribution in [0.3, 0.4) is 0 Å². The first-order chi connectivity index (χ1) is 10.1. The number of hydrogen-bond acceptors (Lipinski definition) is 5. The van der Waals surface area contributed by atoms with Gasteiger partial charge in [-0.2, -0.15) is 0 Å². The summed E-state index contributed by atoms with van der Waals surface area (Å²) in [6.07, 6.45) is 2.59. The molecule has 0 bridgehead atoms. The van der Waals surface area contributed by atoms with Crippen LogP contribution in [0.1, 0.15) is 30.7 Å². The lowest BCUT2D eigenvalue weighted by atomic mass is 10.0. The predicted molar refractivity (Wildman–Crippen MR) is 79.8 cm³/mol. The van der Waals surface area contributed by atoms with Crippen LogP contribution in [0.2, 0.25) is 0 Å². The van der Waals surface area contributed by atoms with Crippen LogP contribution in [-0.4, -0.2) is 37.9 Å². The quantitative estimate of drug-likeness (QED) is 0.930. The molecule has 1 atom stereocenters. The van der Waals surface area contributed by atoms with Gasteiger partial charge in [0, 0.05) is 23.7 Å². The van der Waals surface area contributed by atoms with E-state index in [0.717, 1.165) is 25.1 Å². The molecule has 2 aromatic heterocycles. The van der Waals surface area contributed by atoms with E-state index in [2.05, 4.69) is 4.98 Å². The minimum absolute atomic E-state index is 0.0994. The van der Waals surface area contributed by atoms with Crippen molar-refractivity contribution in [2.45, 2.75) is 38.8 Å². The molecule has 6 nitrogen and oxygen atoms in total. The van der Waals surface area contributed by atoms with Gasteiger partial charge < -0.3 is 5.11 Å². The first-order valence-corrected chi connectivity index (χ1v) is 7.88. The number of likely N-dealkylation sites (tertiary alicyclic amines) is 1. The molecular formula is C14H17N3O3S. The third-order valence-corrected chi connectivity index (χ3v) is 4.84. The highest BCUT2D eigenvalue weighted by atomic mass is 32.1. The van der Waals surface area contributed by atoms with Crippen LogP contribution < -0.4 is 5.56 Å². The van der Waals surface area contributed by atoms with Gasteiger partial charge in [0.05, 0.1) is 5.69 Å². The Morgan fingerprint density at radius 1 is 1.52 bits per heavy atom. The second kappa shape index (κ2) is 5.57. The van der Waals surface area contributed by atoms with Gasteiger partial charge in [0.15, 0.2) is 4.96 Å². The lowest BCUT2D eigenvalue weighted by Crippen LogP contribution is -2.44. The van der Waals surface area contributed by atoms with Crippen molar-refractivity contribution in [1.82, 2.24) is 14.3 Å². The Hall–Kier alpha value is -1.73. The van der Waals surface area contributed by atoms with Crippen molar-refractivity contribution in [3.05, 3.63) is 33.2 Å². The molecule has 1 unspecified atom stereocenters. The summed E-state index contributed by atoms with van der Waals surface area (Å²) in [7, 11) is 0. The molecule has 2 aromatic rings. The summed E-state index contributed by atoms with van der Waals surface area (Å²) in [6, 6.07) is 1.05. The highest BCUT2D eigenvalue weighted by Gasteiger charge is 2.28. The number of aliphatic carboxylic acids is 1. The zero-order valence-corrected chi connectivity index (χ0v) is 12.6. The van der Waals surface area contributed by atoms with E-state index in [4.69, 9.17) is 0 Å². The average molecular weight is 307 g/mol. The molecule has 0 radical (unpaired) electrons. The second-order valence-corrected chi connectivity index (χ2v) is 6.24. The number of carbonyl (C=O) groups is 1. The minimum atomic E-state index is -0.792. The molecule has 0 saturated carbocycles. The molecule has 0 aliphatic carbocycles. The average Bonchev–Trinajstić information content (AvgIpc) is 2.81. The van der Waals surface area contributed by atoms with Crippen molar-refractivity contribution in [2.75, 3.05) is 6.54 Å². The van der Waals surface area contributed by atoms with Gasteiger partial charge in [0.2, 0.25) is 0 Å². The standard InChI is InChI=1S/C14H17N3O3S/c1-9-8-21-14-15-10(6-12(18)17(9)14)7-16-5-3-2-4-11(16)13(19)20/h6,8,11H,2-5,7H2,1H3,(H,19,20). The highest BCUT2D eigenvalue weighted by molar-refractivity contribution is 7.15. The molecule has 1 aliphatic rings. The first-order valence-electron chi connectivity index (χ1n) is 7.00. The Morgan fingerprint density at radius 3 is 3.10 bits per heavy atom. The van der Waals surface area contributed by atoms with Gasteiger partial charge in [-0.05, 0) is 26.3 Å². The third kappa shape index (κ3) is 2.71. The van der Waals surface area contributed by atoms with Crippen LogP contribution in [0, 0.1) is 6.92 Å². The van der Waals surface area contributed by atoms with Crippen molar-refractivity contribution in [3.63, 3.8) is 0 Å². The van der Waals surface area contributed by atoms with Gasteiger partial charge in [0.1, 0.15) is 6.04 Å². The number of hydrogen-bond donors (Lipinski definition) is 1. The molecule has 1 saturated heterocycles. The fraction of sp³-hybridized carbons (Fsp3) is 0.500. The number of rotatable bonds is 3. The van der Waals surface area contributed by atoms with E-state index in [1.807, 2.05) is 17.2 Å². The lowest BCUT2D eigenvalue weighted by Gasteiger charge is -2.32. The predicted octanol–water partition coefficient (Wildman–Crippen LogP) is 1.50. The van der Waals surface area contributed by atoms with Crippen LogP contribution in [0.25, 0.3) is 4.96 Å². The van der Waals surface area contributed by atoms with Crippen molar-refractivity contribution >= 4 is 22.3 Å². The maximum atomic E-state index is 12.1. The number of aryl methyl sites for hydroxylation is 1. The first kappa shape index (κ1) is 14.2. The summed E-state index contributed by atoms with van der Waals surface area (Å²) < 4.78 is 1.58. The van der Waals surface area contributed by atoms with E-state index < -0.39 is 12.0 Å². The second-order valence-electron chi connectivity index (χ2n) is 5.40. The van der Waals surface area contributed by atoms with Crippen LogP contribution >= 0.6 is 11.3 Å². The normalized spacial score (nSPS) is 20.0. The van der Waals surface area contributed by atoms with Gasteiger partial charge in [-0.1, -0.05) is 6.42 Å². The van der Waals surface area contributed by atoms with E-state index in [-0.39, 0.29) is 5.56 Å². The van der Waals surface area contributed by atoms with Crippen LogP contribution in [-0.2, 0) is 11.3 Å². The zero-order chi connectivity index (χ0) is 15.0. The highest BCUT2D eigenvalue weighted by Crippen LogP contribution is 2.20. The number of piperidine rings is 1. The molecule has 1 aliphatic heterocycles. The minimum Gasteiger partial charge on any atom is -0.480 e. The number of carboxylic acid groups (broad SMARTS) is 1. The topological polar surface area (TPSA) is 74.9 Å². The smallest absolute Gasteiger partial charge is 0.320 e. The molecule has 0 spiro atoms. The van der Waals surface area contributed by atoms with E-state index in [1.54, 1.807) is 4.40 Å². The molecule has 1 fully saturated rings. The van der Waals surface area contributed by atoms with Crippen LogP contribution in [0.4, 0.5) is 0 Å². The summed E-state index contributed by atoms with van der Waals surface area (Å²) >= 11 is 1.43. The van der Waals surface area contributed by atoms with Crippen LogP contribution in [0.15, 0.2) is 16.2 Å². The van der Waals surface area contributed by atoms with Gasteiger partial charge in [-0.3, -0.25) is 18.9 Å². The molecule has 0 amide bonds. The number of nitrogens with zero attached hydrogens (tertiary/aromatic N) is 3. The van der Waals surface area contributed by atoms with Gasteiger partial charge in [0.25, 0.3) is 5.56 Å². The largest absolute Gasteiger partial charge is 0.480 e. The fourth-order valence-corrected chi connectivity index (χ4v) is 3.74. The van der Waals surface area contributed by atoms with Gasteiger partial charge >= 0.3 is 5.97 Å². The molecule has 7 heteroatoms. The molecule has 1 N–H and O–H groups in total. The van der Waals surface area contributed by atoms with Crippen molar-refractivity contribution in [2.24, 2.45) is 0 Å². The molecule has 0 aromatic carbocycles. The number of aromatic nitrogens is 2. The Balaban J connectivity index is 1.90. The Morgan fingerprint density at radius 2 is 2.33 bits per heavy atom. The monoisotopic (exact) mass is 307 g/mol. The van der Waals surface area contributed by atoms with E-state index >= 15 is 0 Å².